The van der Waals surface area contributed by atoms with Crippen molar-refractivity contribution in [3.05, 3.63) is 59.2 Å². The molecule has 1 amide bonds. The Morgan fingerprint density at radius 1 is 1.04 bits per heavy atom. The van der Waals surface area contributed by atoms with E-state index in [0.717, 1.165) is 18.4 Å². The lowest BCUT2D eigenvalue weighted by Gasteiger charge is -2.14. The van der Waals surface area contributed by atoms with Crippen molar-refractivity contribution in [1.82, 2.24) is 5.32 Å². The third-order valence-electron chi connectivity index (χ3n) is 4.03. The first kappa shape index (κ1) is 18.8. The third-order valence-corrected chi connectivity index (χ3v) is 4.03. The Bertz CT molecular complexity index is 686. The van der Waals surface area contributed by atoms with Crippen molar-refractivity contribution in [2.75, 3.05) is 20.8 Å². The van der Waals surface area contributed by atoms with Gasteiger partial charge in [0.1, 0.15) is 0 Å². The van der Waals surface area contributed by atoms with E-state index in [1.165, 1.54) is 12.7 Å². The van der Waals surface area contributed by atoms with Gasteiger partial charge >= 0.3 is 0 Å². The standard InChI is InChI=1S/C20H25NO4/c1-24-18-11-16(17(14-22)12-19(18)25-2)13-20(23)21-10-6-9-15-7-4-3-5-8-15/h3-5,7-8,11-12,22H,6,9-10,13-14H2,1-2H3,(H,21,23). The van der Waals surface area contributed by atoms with Crippen molar-refractivity contribution in [3.8, 4) is 11.5 Å². The molecule has 0 aliphatic heterocycles. The first-order valence-corrected chi connectivity index (χ1v) is 8.33. The normalized spacial score (nSPS) is 10.4. The molecule has 2 N–H and O–H groups in total. The number of amides is 1. The topological polar surface area (TPSA) is 67.8 Å². The van der Waals surface area contributed by atoms with Gasteiger partial charge < -0.3 is 19.9 Å². The highest BCUT2D eigenvalue weighted by atomic mass is 16.5. The molecule has 0 radical (unpaired) electrons. The van der Waals surface area contributed by atoms with Gasteiger partial charge in [0.2, 0.25) is 5.91 Å². The Morgan fingerprint density at radius 3 is 2.28 bits per heavy atom. The number of aryl methyl sites for hydroxylation is 1. The van der Waals surface area contributed by atoms with E-state index in [1.54, 1.807) is 19.2 Å². The summed E-state index contributed by atoms with van der Waals surface area (Å²) in [5.41, 5.74) is 2.66. The van der Waals surface area contributed by atoms with Gasteiger partial charge in [-0.25, -0.2) is 0 Å². The van der Waals surface area contributed by atoms with Gasteiger partial charge in [0.15, 0.2) is 11.5 Å². The van der Waals surface area contributed by atoms with Gasteiger partial charge in [-0.15, -0.1) is 0 Å². The molecule has 5 nitrogen and oxygen atoms in total. The molecule has 134 valence electrons. The molecule has 0 saturated heterocycles. The van der Waals surface area contributed by atoms with Gasteiger partial charge in [-0.2, -0.15) is 0 Å². The largest absolute Gasteiger partial charge is 0.493 e. The summed E-state index contributed by atoms with van der Waals surface area (Å²) >= 11 is 0. The molecule has 0 unspecified atom stereocenters. The summed E-state index contributed by atoms with van der Waals surface area (Å²) in [4.78, 5) is 12.2. The molecular weight excluding hydrogens is 318 g/mol. The van der Waals surface area contributed by atoms with E-state index in [-0.39, 0.29) is 18.9 Å². The number of carbonyl (C=O) groups is 1. The van der Waals surface area contributed by atoms with E-state index in [1.807, 2.05) is 18.2 Å². The maximum atomic E-state index is 12.2. The van der Waals surface area contributed by atoms with Crippen LogP contribution in [0.5, 0.6) is 11.5 Å². The maximum Gasteiger partial charge on any atom is 0.224 e. The van der Waals surface area contributed by atoms with Crippen molar-refractivity contribution in [1.29, 1.82) is 0 Å². The molecule has 25 heavy (non-hydrogen) atoms. The third kappa shape index (κ3) is 5.50. The van der Waals surface area contributed by atoms with Gasteiger partial charge in [0.05, 0.1) is 27.2 Å². The Labute approximate surface area is 148 Å². The second-order valence-electron chi connectivity index (χ2n) is 5.75. The van der Waals surface area contributed by atoms with Gasteiger partial charge in [-0.05, 0) is 41.7 Å². The van der Waals surface area contributed by atoms with Crippen LogP contribution in [0.4, 0.5) is 0 Å². The number of nitrogens with one attached hydrogen (secondary N) is 1. The van der Waals surface area contributed by atoms with Crippen LogP contribution in [0.1, 0.15) is 23.1 Å². The van der Waals surface area contributed by atoms with Gasteiger partial charge in [-0.1, -0.05) is 30.3 Å². The van der Waals surface area contributed by atoms with Crippen molar-refractivity contribution >= 4 is 5.91 Å². The van der Waals surface area contributed by atoms with Crippen LogP contribution in [-0.2, 0) is 24.2 Å². The molecule has 0 aliphatic rings. The zero-order valence-electron chi connectivity index (χ0n) is 14.7. The van der Waals surface area contributed by atoms with Crippen LogP contribution in [-0.4, -0.2) is 31.8 Å². The first-order valence-electron chi connectivity index (χ1n) is 8.33. The predicted molar refractivity (Wildman–Crippen MR) is 96.9 cm³/mol. The summed E-state index contributed by atoms with van der Waals surface area (Å²) in [5, 5.41) is 12.5. The Hall–Kier alpha value is -2.53. The van der Waals surface area contributed by atoms with Crippen LogP contribution in [0.2, 0.25) is 0 Å². The summed E-state index contributed by atoms with van der Waals surface area (Å²) in [6.07, 6.45) is 2.01. The lowest BCUT2D eigenvalue weighted by molar-refractivity contribution is -0.120. The highest BCUT2D eigenvalue weighted by Gasteiger charge is 2.13. The van der Waals surface area contributed by atoms with Crippen molar-refractivity contribution < 1.29 is 19.4 Å². The molecule has 2 aromatic carbocycles. The minimum atomic E-state index is -0.156. The second kappa shape index (κ2) is 9.69. The fourth-order valence-corrected chi connectivity index (χ4v) is 2.68. The van der Waals surface area contributed by atoms with E-state index in [2.05, 4.69) is 17.4 Å². The number of carbonyl (C=O) groups excluding carboxylic acids is 1. The molecule has 2 rings (SSSR count). The molecule has 0 aliphatic carbocycles. The fourth-order valence-electron chi connectivity index (χ4n) is 2.68. The Morgan fingerprint density at radius 2 is 1.68 bits per heavy atom. The van der Waals surface area contributed by atoms with Crippen LogP contribution in [0.25, 0.3) is 0 Å². The van der Waals surface area contributed by atoms with Gasteiger partial charge in [0, 0.05) is 6.54 Å². The smallest absolute Gasteiger partial charge is 0.224 e. The molecule has 0 saturated carbocycles. The van der Waals surface area contributed by atoms with Gasteiger partial charge in [0.25, 0.3) is 0 Å². The summed E-state index contributed by atoms with van der Waals surface area (Å²) in [5.74, 6) is 1.01. The summed E-state index contributed by atoms with van der Waals surface area (Å²) in [7, 11) is 3.09. The minimum absolute atomic E-state index is 0.0741. The number of hydrogen-bond donors (Lipinski definition) is 2. The highest BCUT2D eigenvalue weighted by Crippen LogP contribution is 2.30. The van der Waals surface area contributed by atoms with E-state index < -0.39 is 0 Å². The molecule has 0 bridgehead atoms. The van der Waals surface area contributed by atoms with E-state index >= 15 is 0 Å². The van der Waals surface area contributed by atoms with Crippen molar-refractivity contribution in [2.45, 2.75) is 25.9 Å². The molecule has 0 spiro atoms. The average molecular weight is 343 g/mol. The van der Waals surface area contributed by atoms with Crippen LogP contribution in [0.3, 0.4) is 0 Å². The number of hydrogen-bond acceptors (Lipinski definition) is 4. The Kier molecular flexibility index (Phi) is 7.29. The quantitative estimate of drug-likeness (QED) is 0.687. The number of methoxy groups -OCH3 is 2. The second-order valence-corrected chi connectivity index (χ2v) is 5.75. The van der Waals surface area contributed by atoms with Crippen molar-refractivity contribution in [3.63, 3.8) is 0 Å². The first-order chi connectivity index (χ1) is 12.2. The van der Waals surface area contributed by atoms with Gasteiger partial charge in [-0.3, -0.25) is 4.79 Å². The zero-order chi connectivity index (χ0) is 18.1. The number of rotatable bonds is 9. The fraction of sp³-hybridized carbons (Fsp3) is 0.350. The van der Waals surface area contributed by atoms with Crippen LogP contribution >= 0.6 is 0 Å². The number of benzene rings is 2. The average Bonchev–Trinajstić information content (AvgIpc) is 2.65. The molecule has 0 atom stereocenters. The predicted octanol–water partition coefficient (Wildman–Crippen LogP) is 2.49. The Balaban J connectivity index is 1.89. The lowest BCUT2D eigenvalue weighted by Crippen LogP contribution is -2.26. The molecule has 0 heterocycles. The summed E-state index contributed by atoms with van der Waals surface area (Å²) in [6.45, 7) is 0.465. The number of ether oxygens (including phenoxy) is 2. The number of aliphatic hydroxyl groups is 1. The van der Waals surface area contributed by atoms with E-state index in [0.29, 0.717) is 23.6 Å². The molecule has 2 aromatic rings. The molecule has 5 heteroatoms. The summed E-state index contributed by atoms with van der Waals surface area (Å²) in [6, 6.07) is 13.6. The molecular formula is C20H25NO4. The lowest BCUT2D eigenvalue weighted by atomic mass is 10.0. The monoisotopic (exact) mass is 343 g/mol. The van der Waals surface area contributed by atoms with E-state index in [4.69, 9.17) is 9.47 Å². The highest BCUT2D eigenvalue weighted by molar-refractivity contribution is 5.79. The summed E-state index contributed by atoms with van der Waals surface area (Å²) < 4.78 is 10.5. The zero-order valence-corrected chi connectivity index (χ0v) is 14.7. The molecule has 0 fully saturated rings. The van der Waals surface area contributed by atoms with Crippen LogP contribution in [0, 0.1) is 0 Å². The number of aliphatic hydroxyl groups excluding tert-OH is 1. The maximum absolute atomic E-state index is 12.2. The van der Waals surface area contributed by atoms with Crippen molar-refractivity contribution in [2.24, 2.45) is 0 Å². The van der Waals surface area contributed by atoms with E-state index in [9.17, 15) is 9.90 Å². The molecule has 0 aromatic heterocycles. The minimum Gasteiger partial charge on any atom is -0.493 e. The van der Waals surface area contributed by atoms with Crippen LogP contribution in [0.15, 0.2) is 42.5 Å². The SMILES string of the molecule is COc1cc(CO)c(CC(=O)NCCCc2ccccc2)cc1OC. The van der Waals surface area contributed by atoms with Crippen LogP contribution < -0.4 is 14.8 Å².